The first-order chi connectivity index (χ1) is 8.54. The molecule has 18 heavy (non-hydrogen) atoms. The van der Waals surface area contributed by atoms with Crippen molar-refractivity contribution in [2.24, 2.45) is 0 Å². The zero-order valence-electron chi connectivity index (χ0n) is 9.23. The summed E-state index contributed by atoms with van der Waals surface area (Å²) in [6.45, 7) is -0.103. The Balaban J connectivity index is 2.03. The van der Waals surface area contributed by atoms with Gasteiger partial charge in [0.1, 0.15) is 24.0 Å². The third kappa shape index (κ3) is 2.82. The van der Waals surface area contributed by atoms with Crippen molar-refractivity contribution < 1.29 is 13.6 Å². The largest absolute Gasteiger partial charge is 0.382 e. The van der Waals surface area contributed by atoms with E-state index in [-0.39, 0.29) is 18.1 Å². The first-order valence-corrected chi connectivity index (χ1v) is 5.08. The Morgan fingerprint density at radius 1 is 1.39 bits per heavy atom. The summed E-state index contributed by atoms with van der Waals surface area (Å²) in [5.41, 5.74) is 5.30. The summed E-state index contributed by atoms with van der Waals surface area (Å²) < 4.78 is 27.2. The maximum Gasteiger partial charge on any atom is 0.246 e. The lowest BCUT2D eigenvalue weighted by atomic mass is 10.3. The van der Waals surface area contributed by atoms with Gasteiger partial charge in [0.25, 0.3) is 0 Å². The molecule has 3 N–H and O–H groups in total. The van der Waals surface area contributed by atoms with E-state index in [0.717, 1.165) is 12.1 Å². The summed E-state index contributed by atoms with van der Waals surface area (Å²) >= 11 is 0. The van der Waals surface area contributed by atoms with Crippen LogP contribution >= 0.6 is 0 Å². The minimum absolute atomic E-state index is 0.0819. The molecule has 0 aliphatic heterocycles. The van der Waals surface area contributed by atoms with E-state index >= 15 is 0 Å². The second kappa shape index (κ2) is 4.82. The van der Waals surface area contributed by atoms with Crippen LogP contribution in [0.25, 0.3) is 0 Å². The molecule has 94 valence electrons. The van der Waals surface area contributed by atoms with Crippen molar-refractivity contribution in [3.63, 3.8) is 0 Å². The van der Waals surface area contributed by atoms with Crippen molar-refractivity contribution in [1.29, 1.82) is 0 Å². The quantitative estimate of drug-likeness (QED) is 0.866. The first kappa shape index (κ1) is 12.0. The number of halogens is 2. The van der Waals surface area contributed by atoms with E-state index in [1.165, 1.54) is 16.9 Å². The number of nitrogens with one attached hydrogen (secondary N) is 1. The molecule has 2 rings (SSSR count). The van der Waals surface area contributed by atoms with Gasteiger partial charge in [-0.25, -0.2) is 8.78 Å². The van der Waals surface area contributed by atoms with Gasteiger partial charge in [0.05, 0.1) is 5.69 Å². The van der Waals surface area contributed by atoms with Gasteiger partial charge in [0.2, 0.25) is 5.91 Å². The Morgan fingerprint density at radius 3 is 2.78 bits per heavy atom. The fourth-order valence-electron chi connectivity index (χ4n) is 1.39. The SMILES string of the molecule is Nc1ccn(CC(=O)Nc2ccc(F)cc2F)n1. The molecule has 1 amide bonds. The highest BCUT2D eigenvalue weighted by Gasteiger charge is 2.09. The average molecular weight is 252 g/mol. The van der Waals surface area contributed by atoms with Crippen LogP contribution in [0.4, 0.5) is 20.3 Å². The first-order valence-electron chi connectivity index (χ1n) is 5.08. The van der Waals surface area contributed by atoms with Crippen LogP contribution in [0.1, 0.15) is 0 Å². The maximum absolute atomic E-state index is 13.3. The molecule has 2 aromatic rings. The second-order valence-electron chi connectivity index (χ2n) is 3.61. The van der Waals surface area contributed by atoms with Gasteiger partial charge in [-0.05, 0) is 18.2 Å². The molecule has 1 heterocycles. The van der Waals surface area contributed by atoms with Crippen molar-refractivity contribution in [3.05, 3.63) is 42.1 Å². The monoisotopic (exact) mass is 252 g/mol. The van der Waals surface area contributed by atoms with E-state index in [0.29, 0.717) is 6.07 Å². The molecule has 1 aromatic carbocycles. The lowest BCUT2D eigenvalue weighted by molar-refractivity contribution is -0.116. The van der Waals surface area contributed by atoms with Gasteiger partial charge in [0, 0.05) is 12.3 Å². The normalized spacial score (nSPS) is 10.3. The predicted molar refractivity (Wildman–Crippen MR) is 61.6 cm³/mol. The predicted octanol–water partition coefficient (Wildman–Crippen LogP) is 1.38. The lowest BCUT2D eigenvalue weighted by Crippen LogP contribution is -2.19. The summed E-state index contributed by atoms with van der Waals surface area (Å²) in [7, 11) is 0. The molecule has 5 nitrogen and oxygen atoms in total. The van der Waals surface area contributed by atoms with Crippen LogP contribution in [0.5, 0.6) is 0 Å². The average Bonchev–Trinajstić information content (AvgIpc) is 2.68. The Bertz CT molecular complexity index is 582. The highest BCUT2D eigenvalue weighted by molar-refractivity contribution is 5.90. The Morgan fingerprint density at radius 2 is 2.17 bits per heavy atom. The van der Waals surface area contributed by atoms with E-state index in [1.54, 1.807) is 0 Å². The molecule has 0 atom stereocenters. The number of amides is 1. The summed E-state index contributed by atoms with van der Waals surface area (Å²) in [6, 6.07) is 4.44. The molecule has 0 unspecified atom stereocenters. The van der Waals surface area contributed by atoms with Crippen LogP contribution in [0.2, 0.25) is 0 Å². The Labute approximate surface area is 101 Å². The van der Waals surface area contributed by atoms with Gasteiger partial charge < -0.3 is 11.1 Å². The van der Waals surface area contributed by atoms with E-state index in [9.17, 15) is 13.6 Å². The second-order valence-corrected chi connectivity index (χ2v) is 3.61. The number of aromatic nitrogens is 2. The van der Waals surface area contributed by atoms with Gasteiger partial charge in [0.15, 0.2) is 0 Å². The third-order valence-corrected chi connectivity index (χ3v) is 2.17. The minimum atomic E-state index is -0.830. The van der Waals surface area contributed by atoms with E-state index in [1.807, 2.05) is 0 Å². The highest BCUT2D eigenvalue weighted by atomic mass is 19.1. The van der Waals surface area contributed by atoms with Gasteiger partial charge in [-0.1, -0.05) is 0 Å². The van der Waals surface area contributed by atoms with E-state index in [2.05, 4.69) is 10.4 Å². The lowest BCUT2D eigenvalue weighted by Gasteiger charge is -2.06. The number of rotatable bonds is 3. The van der Waals surface area contributed by atoms with Crippen LogP contribution in [-0.4, -0.2) is 15.7 Å². The Hall–Kier alpha value is -2.44. The summed E-state index contributed by atoms with van der Waals surface area (Å²) in [4.78, 5) is 11.6. The molecule has 0 radical (unpaired) electrons. The standard InChI is InChI=1S/C11H10F2N4O/c12-7-1-2-9(8(13)5-7)15-11(18)6-17-4-3-10(14)16-17/h1-5H,6H2,(H2,14,16)(H,15,18). The van der Waals surface area contributed by atoms with Crippen molar-refractivity contribution in [2.75, 3.05) is 11.1 Å². The van der Waals surface area contributed by atoms with Gasteiger partial charge >= 0.3 is 0 Å². The third-order valence-electron chi connectivity index (χ3n) is 2.17. The number of nitrogens with two attached hydrogens (primary N) is 1. The van der Waals surface area contributed by atoms with Gasteiger partial charge in [-0.2, -0.15) is 5.10 Å². The molecule has 0 bridgehead atoms. The summed E-state index contributed by atoms with van der Waals surface area (Å²) in [5.74, 6) is -1.73. The van der Waals surface area contributed by atoms with Crippen molar-refractivity contribution in [2.45, 2.75) is 6.54 Å². The van der Waals surface area contributed by atoms with Crippen molar-refractivity contribution in [1.82, 2.24) is 9.78 Å². The van der Waals surface area contributed by atoms with E-state index in [4.69, 9.17) is 5.73 Å². The van der Waals surface area contributed by atoms with Crippen LogP contribution in [0.15, 0.2) is 30.5 Å². The smallest absolute Gasteiger partial charge is 0.246 e. The summed E-state index contributed by atoms with van der Waals surface area (Å²) in [6.07, 6.45) is 1.52. The maximum atomic E-state index is 13.3. The molecule has 0 spiro atoms. The fourth-order valence-corrected chi connectivity index (χ4v) is 1.39. The number of hydrogen-bond acceptors (Lipinski definition) is 3. The van der Waals surface area contributed by atoms with Crippen LogP contribution in [-0.2, 0) is 11.3 Å². The molecule has 0 aliphatic carbocycles. The molecule has 0 saturated heterocycles. The molecule has 1 aromatic heterocycles. The van der Waals surface area contributed by atoms with Crippen LogP contribution < -0.4 is 11.1 Å². The zero-order chi connectivity index (χ0) is 13.1. The number of anilines is 2. The highest BCUT2D eigenvalue weighted by Crippen LogP contribution is 2.14. The number of carbonyl (C=O) groups is 1. The Kier molecular flexibility index (Phi) is 3.22. The fraction of sp³-hybridized carbons (Fsp3) is 0.0909. The number of hydrogen-bond donors (Lipinski definition) is 2. The van der Waals surface area contributed by atoms with Gasteiger partial charge in [-0.3, -0.25) is 9.48 Å². The number of nitrogen functional groups attached to an aromatic ring is 1. The topological polar surface area (TPSA) is 72.9 Å². The van der Waals surface area contributed by atoms with Crippen molar-refractivity contribution in [3.8, 4) is 0 Å². The zero-order valence-corrected chi connectivity index (χ0v) is 9.23. The molecular formula is C11H10F2N4O. The molecule has 7 heteroatoms. The molecule has 0 aliphatic rings. The summed E-state index contributed by atoms with van der Waals surface area (Å²) in [5, 5.41) is 6.12. The number of carbonyl (C=O) groups excluding carboxylic acids is 1. The number of nitrogens with zero attached hydrogens (tertiary/aromatic N) is 2. The van der Waals surface area contributed by atoms with Gasteiger partial charge in [-0.15, -0.1) is 0 Å². The van der Waals surface area contributed by atoms with Crippen molar-refractivity contribution >= 4 is 17.4 Å². The van der Waals surface area contributed by atoms with Crippen LogP contribution in [0.3, 0.4) is 0 Å². The molecule has 0 saturated carbocycles. The molecular weight excluding hydrogens is 242 g/mol. The number of benzene rings is 1. The van der Waals surface area contributed by atoms with Crippen LogP contribution in [0, 0.1) is 11.6 Å². The van der Waals surface area contributed by atoms with E-state index < -0.39 is 17.5 Å². The minimum Gasteiger partial charge on any atom is -0.382 e. The molecule has 0 fully saturated rings.